The first-order valence-electron chi connectivity index (χ1n) is 10.4. The van der Waals surface area contributed by atoms with E-state index in [9.17, 15) is 9.59 Å². The SMILES string of the molecule is Cc1ccc(-c2cc(C(=O)NCCCN3CCCCCC3=O)c3c(C)noc3n2)s1. The molecule has 4 heterocycles. The molecule has 30 heavy (non-hydrogen) atoms. The summed E-state index contributed by atoms with van der Waals surface area (Å²) in [6.07, 6.45) is 4.52. The number of hydrogen-bond acceptors (Lipinski definition) is 6. The average molecular weight is 427 g/mol. The number of nitrogens with zero attached hydrogens (tertiary/aromatic N) is 3. The molecule has 0 aliphatic carbocycles. The second kappa shape index (κ2) is 8.95. The zero-order valence-corrected chi connectivity index (χ0v) is 18.2. The van der Waals surface area contributed by atoms with Crippen molar-refractivity contribution in [2.24, 2.45) is 0 Å². The number of carbonyl (C=O) groups excluding carboxylic acids is 2. The number of nitrogens with one attached hydrogen (secondary N) is 1. The number of thiophene rings is 1. The summed E-state index contributed by atoms with van der Waals surface area (Å²) in [7, 11) is 0. The molecule has 0 radical (unpaired) electrons. The van der Waals surface area contributed by atoms with Gasteiger partial charge in [-0.25, -0.2) is 4.98 Å². The van der Waals surface area contributed by atoms with Crippen LogP contribution in [-0.4, -0.2) is 46.5 Å². The molecule has 0 atom stereocenters. The molecule has 1 aliphatic heterocycles. The van der Waals surface area contributed by atoms with Gasteiger partial charge in [-0.1, -0.05) is 11.6 Å². The molecule has 3 aromatic rings. The number of aromatic nitrogens is 2. The Bertz CT molecular complexity index is 1070. The molecule has 3 aromatic heterocycles. The summed E-state index contributed by atoms with van der Waals surface area (Å²) in [6.45, 7) is 5.85. The van der Waals surface area contributed by atoms with Crippen molar-refractivity contribution in [2.75, 3.05) is 19.6 Å². The molecule has 158 valence electrons. The largest absolute Gasteiger partial charge is 0.352 e. The Balaban J connectivity index is 1.47. The van der Waals surface area contributed by atoms with E-state index in [1.807, 2.05) is 36.9 Å². The van der Waals surface area contributed by atoms with Gasteiger partial charge < -0.3 is 14.7 Å². The third kappa shape index (κ3) is 4.38. The first-order valence-corrected chi connectivity index (χ1v) is 11.2. The zero-order chi connectivity index (χ0) is 21.1. The minimum absolute atomic E-state index is 0.176. The fourth-order valence-electron chi connectivity index (χ4n) is 3.81. The summed E-state index contributed by atoms with van der Waals surface area (Å²) in [5.41, 5.74) is 2.24. The molecule has 8 heteroatoms. The summed E-state index contributed by atoms with van der Waals surface area (Å²) in [5.74, 6) is 0.0519. The lowest BCUT2D eigenvalue weighted by atomic mass is 10.1. The second-order valence-electron chi connectivity index (χ2n) is 7.71. The smallest absolute Gasteiger partial charge is 0.259 e. The van der Waals surface area contributed by atoms with E-state index in [0.717, 1.165) is 37.1 Å². The summed E-state index contributed by atoms with van der Waals surface area (Å²) in [4.78, 5) is 33.7. The number of likely N-dealkylation sites (tertiary alicyclic amines) is 1. The molecule has 2 amide bonds. The molecule has 1 fully saturated rings. The fraction of sp³-hybridized carbons (Fsp3) is 0.455. The highest BCUT2D eigenvalue weighted by atomic mass is 32.1. The Kier molecular flexibility index (Phi) is 6.13. The van der Waals surface area contributed by atoms with Gasteiger partial charge in [-0.05, 0) is 51.3 Å². The number of rotatable bonds is 6. The van der Waals surface area contributed by atoms with Gasteiger partial charge in [0.2, 0.25) is 5.91 Å². The van der Waals surface area contributed by atoms with Crippen LogP contribution < -0.4 is 5.32 Å². The van der Waals surface area contributed by atoms with E-state index in [0.29, 0.717) is 47.6 Å². The summed E-state index contributed by atoms with van der Waals surface area (Å²) in [6, 6.07) is 5.84. The number of carbonyl (C=O) groups is 2. The van der Waals surface area contributed by atoms with Gasteiger partial charge in [-0.3, -0.25) is 9.59 Å². The summed E-state index contributed by atoms with van der Waals surface area (Å²) < 4.78 is 5.36. The maximum absolute atomic E-state index is 13.0. The van der Waals surface area contributed by atoms with Crippen molar-refractivity contribution in [3.63, 3.8) is 0 Å². The predicted octanol–water partition coefficient (Wildman–Crippen LogP) is 4.09. The molecule has 0 unspecified atom stereocenters. The van der Waals surface area contributed by atoms with Crippen molar-refractivity contribution in [1.29, 1.82) is 0 Å². The topological polar surface area (TPSA) is 88.3 Å². The lowest BCUT2D eigenvalue weighted by Gasteiger charge is -2.20. The van der Waals surface area contributed by atoms with Crippen LogP contribution in [0.15, 0.2) is 22.7 Å². The first kappa shape index (κ1) is 20.5. The second-order valence-corrected chi connectivity index (χ2v) is 9.00. The van der Waals surface area contributed by atoms with Crippen LogP contribution in [-0.2, 0) is 4.79 Å². The van der Waals surface area contributed by atoms with E-state index in [4.69, 9.17) is 4.52 Å². The summed E-state index contributed by atoms with van der Waals surface area (Å²) >= 11 is 1.62. The maximum atomic E-state index is 13.0. The number of hydrogen-bond donors (Lipinski definition) is 1. The van der Waals surface area contributed by atoms with Crippen molar-refractivity contribution >= 4 is 34.3 Å². The molecular weight excluding hydrogens is 400 g/mol. The van der Waals surface area contributed by atoms with Gasteiger partial charge in [-0.15, -0.1) is 11.3 Å². The van der Waals surface area contributed by atoms with Crippen molar-refractivity contribution in [1.82, 2.24) is 20.4 Å². The van der Waals surface area contributed by atoms with Gasteiger partial charge in [0, 0.05) is 30.9 Å². The maximum Gasteiger partial charge on any atom is 0.259 e. The third-order valence-electron chi connectivity index (χ3n) is 5.42. The Morgan fingerprint density at radius 1 is 1.27 bits per heavy atom. The van der Waals surface area contributed by atoms with Gasteiger partial charge in [0.1, 0.15) is 0 Å². The monoisotopic (exact) mass is 426 g/mol. The fourth-order valence-corrected chi connectivity index (χ4v) is 4.64. The highest BCUT2D eigenvalue weighted by molar-refractivity contribution is 7.15. The minimum atomic E-state index is -0.176. The normalized spacial score (nSPS) is 14.9. The van der Waals surface area contributed by atoms with Crippen LogP contribution in [0.1, 0.15) is 53.0 Å². The molecule has 1 N–H and O–H groups in total. The van der Waals surface area contributed by atoms with Crippen LogP contribution in [0.4, 0.5) is 0 Å². The standard InChI is InChI=1S/C22H26N4O3S/c1-14-8-9-18(30-14)17-13-16(20-15(2)25-29-22(20)24-17)21(28)23-10-6-12-26-11-5-3-4-7-19(26)27/h8-9,13H,3-7,10-12H2,1-2H3,(H,23,28). The third-order valence-corrected chi connectivity index (χ3v) is 6.44. The van der Waals surface area contributed by atoms with Crippen molar-refractivity contribution < 1.29 is 14.1 Å². The van der Waals surface area contributed by atoms with Gasteiger partial charge in [0.25, 0.3) is 11.6 Å². The van der Waals surface area contributed by atoms with Gasteiger partial charge in [0.15, 0.2) is 0 Å². The van der Waals surface area contributed by atoms with Crippen molar-refractivity contribution in [2.45, 2.75) is 46.0 Å². The molecule has 7 nitrogen and oxygen atoms in total. The van der Waals surface area contributed by atoms with E-state index in [2.05, 4.69) is 15.5 Å². The van der Waals surface area contributed by atoms with Crippen LogP contribution in [0, 0.1) is 13.8 Å². The Morgan fingerprint density at radius 3 is 2.93 bits per heavy atom. The van der Waals surface area contributed by atoms with Gasteiger partial charge in [0.05, 0.1) is 27.2 Å². The highest BCUT2D eigenvalue weighted by Crippen LogP contribution is 2.31. The molecule has 4 rings (SSSR count). The van der Waals surface area contributed by atoms with Crippen LogP contribution in [0.2, 0.25) is 0 Å². The molecule has 0 spiro atoms. The van der Waals surface area contributed by atoms with Crippen molar-refractivity contribution in [3.05, 3.63) is 34.3 Å². The minimum Gasteiger partial charge on any atom is -0.352 e. The van der Waals surface area contributed by atoms with E-state index < -0.39 is 0 Å². The molecule has 0 aromatic carbocycles. The van der Waals surface area contributed by atoms with E-state index in [1.165, 1.54) is 4.88 Å². The van der Waals surface area contributed by atoms with Crippen LogP contribution in [0.5, 0.6) is 0 Å². The average Bonchev–Trinajstić information content (AvgIpc) is 3.27. The van der Waals surface area contributed by atoms with Gasteiger partial charge >= 0.3 is 0 Å². The highest BCUT2D eigenvalue weighted by Gasteiger charge is 2.20. The van der Waals surface area contributed by atoms with E-state index in [-0.39, 0.29) is 11.8 Å². The van der Waals surface area contributed by atoms with Crippen LogP contribution in [0.25, 0.3) is 21.7 Å². The quantitative estimate of drug-likeness (QED) is 0.600. The van der Waals surface area contributed by atoms with Gasteiger partial charge in [-0.2, -0.15) is 0 Å². The molecule has 0 saturated carbocycles. The van der Waals surface area contributed by atoms with Crippen LogP contribution >= 0.6 is 11.3 Å². The molecule has 1 saturated heterocycles. The lowest BCUT2D eigenvalue weighted by molar-refractivity contribution is -0.130. The number of pyridine rings is 1. The van der Waals surface area contributed by atoms with Crippen molar-refractivity contribution in [3.8, 4) is 10.6 Å². The number of amides is 2. The number of fused-ring (bicyclic) bond motifs is 1. The number of aryl methyl sites for hydroxylation is 2. The molecule has 0 bridgehead atoms. The molecule has 1 aliphatic rings. The molecular formula is C22H26N4O3S. The first-order chi connectivity index (χ1) is 14.5. The lowest BCUT2D eigenvalue weighted by Crippen LogP contribution is -2.34. The Hall–Kier alpha value is -2.74. The van der Waals surface area contributed by atoms with Crippen LogP contribution in [0.3, 0.4) is 0 Å². The predicted molar refractivity (Wildman–Crippen MR) is 117 cm³/mol. The zero-order valence-electron chi connectivity index (χ0n) is 17.4. The Morgan fingerprint density at radius 2 is 2.13 bits per heavy atom. The van der Waals surface area contributed by atoms with E-state index in [1.54, 1.807) is 11.3 Å². The van der Waals surface area contributed by atoms with E-state index >= 15 is 0 Å². The summed E-state index contributed by atoms with van der Waals surface area (Å²) in [5, 5.41) is 7.63. The Labute approximate surface area is 179 Å².